The van der Waals surface area contributed by atoms with E-state index in [1.165, 1.54) is 26.2 Å². The molecule has 1 atom stereocenters. The second kappa shape index (κ2) is 5.24. The molecule has 0 aliphatic carbocycles. The van der Waals surface area contributed by atoms with E-state index in [1.54, 1.807) is 0 Å². The van der Waals surface area contributed by atoms with Gasteiger partial charge >= 0.3 is 11.7 Å². The van der Waals surface area contributed by atoms with E-state index in [9.17, 15) is 19.3 Å². The van der Waals surface area contributed by atoms with Gasteiger partial charge in [0.15, 0.2) is 0 Å². The van der Waals surface area contributed by atoms with Crippen LogP contribution in [0.5, 0.6) is 0 Å². The topological polar surface area (TPSA) is 81.5 Å². The van der Waals surface area contributed by atoms with E-state index in [2.05, 4.69) is 10.1 Å². The minimum Gasteiger partial charge on any atom is -0.467 e. The lowest BCUT2D eigenvalue weighted by molar-refractivity contribution is -0.386. The summed E-state index contributed by atoms with van der Waals surface area (Å²) < 4.78 is 17.7. The number of methoxy groups -OCH3 is 1. The number of halogens is 1. The summed E-state index contributed by atoms with van der Waals surface area (Å²) in [6, 6.07) is 2.81. The minimum absolute atomic E-state index is 0.0621. The molecule has 0 saturated heterocycles. The number of ether oxygens (including phenoxy) is 1. The van der Waals surface area contributed by atoms with Crippen molar-refractivity contribution in [3.8, 4) is 0 Å². The number of anilines is 1. The van der Waals surface area contributed by atoms with Gasteiger partial charge in [0.05, 0.1) is 12.0 Å². The number of esters is 1. The average molecular weight is 242 g/mol. The number of nitrogens with one attached hydrogen (secondary N) is 1. The summed E-state index contributed by atoms with van der Waals surface area (Å²) in [4.78, 5) is 21.0. The Labute approximate surface area is 96.5 Å². The van der Waals surface area contributed by atoms with Crippen LogP contribution in [0.2, 0.25) is 0 Å². The zero-order valence-corrected chi connectivity index (χ0v) is 9.27. The van der Waals surface area contributed by atoms with Crippen LogP contribution in [0.1, 0.15) is 6.92 Å². The minimum atomic E-state index is -0.961. The van der Waals surface area contributed by atoms with E-state index in [-0.39, 0.29) is 5.69 Å². The van der Waals surface area contributed by atoms with Gasteiger partial charge < -0.3 is 10.1 Å². The molecule has 1 aromatic rings. The molecule has 1 N–H and O–H groups in total. The van der Waals surface area contributed by atoms with Crippen LogP contribution in [0.4, 0.5) is 15.8 Å². The van der Waals surface area contributed by atoms with E-state index < -0.39 is 28.4 Å². The largest absolute Gasteiger partial charge is 0.467 e. The first-order valence-electron chi connectivity index (χ1n) is 4.74. The highest BCUT2D eigenvalue weighted by atomic mass is 19.1. The Morgan fingerprint density at radius 1 is 1.59 bits per heavy atom. The molecule has 17 heavy (non-hydrogen) atoms. The first kappa shape index (κ1) is 12.9. The molecule has 1 unspecified atom stereocenters. The molecule has 7 heteroatoms. The maximum atomic E-state index is 13.2. The van der Waals surface area contributed by atoms with E-state index >= 15 is 0 Å². The van der Waals surface area contributed by atoms with Gasteiger partial charge in [-0.05, 0) is 19.1 Å². The quantitative estimate of drug-likeness (QED) is 0.493. The lowest BCUT2D eigenvalue weighted by Gasteiger charge is -2.12. The van der Waals surface area contributed by atoms with Crippen LogP contribution < -0.4 is 5.32 Å². The first-order valence-corrected chi connectivity index (χ1v) is 4.74. The fraction of sp³-hybridized carbons (Fsp3) is 0.300. The fourth-order valence-corrected chi connectivity index (χ4v) is 1.29. The molecule has 0 radical (unpaired) electrons. The molecule has 1 aromatic carbocycles. The van der Waals surface area contributed by atoms with Crippen LogP contribution in [0.25, 0.3) is 0 Å². The summed E-state index contributed by atoms with van der Waals surface area (Å²) in [5.74, 6) is -1.55. The van der Waals surface area contributed by atoms with Crippen molar-refractivity contribution in [2.75, 3.05) is 12.4 Å². The van der Waals surface area contributed by atoms with Gasteiger partial charge in [-0.1, -0.05) is 6.07 Å². The van der Waals surface area contributed by atoms with Crippen molar-refractivity contribution in [3.05, 3.63) is 34.1 Å². The van der Waals surface area contributed by atoms with E-state index in [4.69, 9.17) is 0 Å². The molecule has 0 aliphatic rings. The Kier molecular flexibility index (Phi) is 3.97. The van der Waals surface area contributed by atoms with Crippen molar-refractivity contribution in [2.45, 2.75) is 13.0 Å². The number of hydrogen-bond acceptors (Lipinski definition) is 5. The van der Waals surface area contributed by atoms with E-state index in [0.717, 1.165) is 6.07 Å². The van der Waals surface area contributed by atoms with Gasteiger partial charge in [-0.3, -0.25) is 10.1 Å². The fourth-order valence-electron chi connectivity index (χ4n) is 1.29. The molecule has 0 bridgehead atoms. The van der Waals surface area contributed by atoms with Crippen LogP contribution in [-0.2, 0) is 9.53 Å². The number of rotatable bonds is 4. The smallest absolute Gasteiger partial charge is 0.327 e. The van der Waals surface area contributed by atoms with Crippen LogP contribution in [0, 0.1) is 15.9 Å². The Balaban J connectivity index is 3.02. The van der Waals surface area contributed by atoms with Crippen LogP contribution in [0.15, 0.2) is 18.2 Å². The molecule has 0 amide bonds. The van der Waals surface area contributed by atoms with Crippen molar-refractivity contribution in [3.63, 3.8) is 0 Å². The van der Waals surface area contributed by atoms with Crippen LogP contribution in [0.3, 0.4) is 0 Å². The van der Waals surface area contributed by atoms with E-state index in [1.807, 2.05) is 0 Å². The van der Waals surface area contributed by atoms with Crippen molar-refractivity contribution in [1.29, 1.82) is 0 Å². The summed E-state index contributed by atoms with van der Waals surface area (Å²) in [7, 11) is 1.19. The number of carbonyl (C=O) groups excluding carboxylic acids is 1. The highest BCUT2D eigenvalue weighted by Crippen LogP contribution is 2.27. The second-order valence-corrected chi connectivity index (χ2v) is 3.28. The van der Waals surface area contributed by atoms with Crippen LogP contribution in [-0.4, -0.2) is 24.0 Å². The molecule has 0 aliphatic heterocycles. The van der Waals surface area contributed by atoms with Crippen molar-refractivity contribution in [2.24, 2.45) is 0 Å². The Morgan fingerprint density at radius 3 is 2.76 bits per heavy atom. The second-order valence-electron chi connectivity index (χ2n) is 3.28. The van der Waals surface area contributed by atoms with Crippen LogP contribution >= 0.6 is 0 Å². The van der Waals surface area contributed by atoms with Gasteiger partial charge in [0.1, 0.15) is 11.7 Å². The number of carbonyl (C=O) groups is 1. The summed E-state index contributed by atoms with van der Waals surface area (Å²) >= 11 is 0. The molecular formula is C10H11FN2O4. The molecule has 92 valence electrons. The predicted molar refractivity (Wildman–Crippen MR) is 58.2 cm³/mol. The summed E-state index contributed by atoms with van der Waals surface area (Å²) in [6.45, 7) is 1.46. The van der Waals surface area contributed by atoms with Gasteiger partial charge in [-0.2, -0.15) is 4.39 Å². The summed E-state index contributed by atoms with van der Waals surface area (Å²) in [5.41, 5.74) is -0.754. The zero-order chi connectivity index (χ0) is 13.0. The van der Waals surface area contributed by atoms with Gasteiger partial charge in [0.2, 0.25) is 5.82 Å². The lowest BCUT2D eigenvalue weighted by Crippen LogP contribution is -2.27. The molecule has 6 nitrogen and oxygen atoms in total. The number of para-hydroxylation sites is 1. The predicted octanol–water partition coefficient (Wildman–Crippen LogP) is 1.71. The van der Waals surface area contributed by atoms with Gasteiger partial charge in [-0.15, -0.1) is 0 Å². The zero-order valence-electron chi connectivity index (χ0n) is 9.27. The SMILES string of the molecule is COC(=O)C(C)Nc1cccc(F)c1[N+](=O)[O-]. The lowest BCUT2D eigenvalue weighted by atomic mass is 10.2. The molecule has 0 heterocycles. The number of nitro benzene ring substituents is 1. The van der Waals surface area contributed by atoms with Crippen molar-refractivity contribution in [1.82, 2.24) is 0 Å². The third kappa shape index (κ3) is 2.90. The molecule has 0 aromatic heterocycles. The first-order chi connectivity index (χ1) is 7.97. The maximum absolute atomic E-state index is 13.2. The molecule has 0 fully saturated rings. The van der Waals surface area contributed by atoms with Gasteiger partial charge in [-0.25, -0.2) is 4.79 Å². The van der Waals surface area contributed by atoms with Gasteiger partial charge in [0, 0.05) is 0 Å². The molecule has 1 rings (SSSR count). The summed E-state index contributed by atoms with van der Waals surface area (Å²) in [5, 5.41) is 13.2. The van der Waals surface area contributed by atoms with E-state index in [0.29, 0.717) is 0 Å². The Morgan fingerprint density at radius 2 is 2.24 bits per heavy atom. The molecule has 0 saturated carbocycles. The summed E-state index contributed by atoms with van der Waals surface area (Å²) in [6.07, 6.45) is 0. The third-order valence-electron chi connectivity index (χ3n) is 2.10. The molecular weight excluding hydrogens is 231 g/mol. The third-order valence-corrected chi connectivity index (χ3v) is 2.10. The number of benzene rings is 1. The standard InChI is InChI=1S/C10H11FN2O4/c1-6(10(14)17-2)12-8-5-3-4-7(11)9(8)13(15)16/h3-6,12H,1-2H3. The highest BCUT2D eigenvalue weighted by Gasteiger charge is 2.23. The normalized spacial score (nSPS) is 11.7. The Bertz CT molecular complexity index is 450. The molecule has 0 spiro atoms. The van der Waals surface area contributed by atoms with Crippen molar-refractivity contribution >= 4 is 17.3 Å². The number of nitrogens with zero attached hydrogens (tertiary/aromatic N) is 1. The maximum Gasteiger partial charge on any atom is 0.327 e. The Hall–Kier alpha value is -2.18. The van der Waals surface area contributed by atoms with Crippen molar-refractivity contribution < 1.29 is 18.8 Å². The highest BCUT2D eigenvalue weighted by molar-refractivity contribution is 5.80. The average Bonchev–Trinajstić information content (AvgIpc) is 2.27. The monoisotopic (exact) mass is 242 g/mol. The van der Waals surface area contributed by atoms with Gasteiger partial charge in [0.25, 0.3) is 0 Å². The number of hydrogen-bond donors (Lipinski definition) is 1. The number of nitro groups is 1.